The largest absolute Gasteiger partial charge is 0.493 e. The van der Waals surface area contributed by atoms with Gasteiger partial charge in [-0.2, -0.15) is 0 Å². The molecule has 0 bridgehead atoms. The molecule has 2 saturated heterocycles. The minimum atomic E-state index is -0.274. The van der Waals surface area contributed by atoms with E-state index in [4.69, 9.17) is 25.2 Å². The summed E-state index contributed by atoms with van der Waals surface area (Å²) in [5.41, 5.74) is 6.39. The summed E-state index contributed by atoms with van der Waals surface area (Å²) in [6.45, 7) is 3.31. The number of ether oxygens (including phenoxy) is 2. The smallest absolute Gasteiger partial charge is 0.234 e. The SMILES string of the molecule is COc1cc2nc(CN3CCC[C@H]3C(N)=O)nc(N3CCCC3)c2cc1OC. The Hall–Kier alpha value is -2.61. The molecule has 1 atom stereocenters. The highest BCUT2D eigenvalue weighted by molar-refractivity contribution is 5.92. The third-order valence-corrected chi connectivity index (χ3v) is 5.67. The molecule has 0 saturated carbocycles. The number of nitrogens with zero attached hydrogens (tertiary/aromatic N) is 4. The molecule has 1 aromatic carbocycles. The number of primary amides is 1. The first-order chi connectivity index (χ1) is 13.6. The van der Waals surface area contributed by atoms with Crippen molar-refractivity contribution in [3.05, 3.63) is 18.0 Å². The molecule has 8 nitrogen and oxygen atoms in total. The van der Waals surface area contributed by atoms with Gasteiger partial charge in [0.05, 0.1) is 32.3 Å². The van der Waals surface area contributed by atoms with Gasteiger partial charge in [-0.15, -0.1) is 0 Å². The van der Waals surface area contributed by atoms with Crippen LogP contribution in [0.2, 0.25) is 0 Å². The number of anilines is 1. The fourth-order valence-electron chi connectivity index (χ4n) is 4.25. The van der Waals surface area contributed by atoms with Crippen molar-refractivity contribution in [2.24, 2.45) is 5.73 Å². The van der Waals surface area contributed by atoms with Crippen molar-refractivity contribution in [3.63, 3.8) is 0 Å². The molecule has 0 spiro atoms. The summed E-state index contributed by atoms with van der Waals surface area (Å²) in [5.74, 6) is 2.66. The second-order valence-electron chi connectivity index (χ2n) is 7.41. The highest BCUT2D eigenvalue weighted by Crippen LogP contribution is 2.36. The lowest BCUT2D eigenvalue weighted by molar-refractivity contribution is -0.122. The Morgan fingerprint density at radius 2 is 1.82 bits per heavy atom. The molecular weight excluding hydrogens is 358 g/mol. The summed E-state index contributed by atoms with van der Waals surface area (Å²) in [6.07, 6.45) is 4.08. The number of methoxy groups -OCH3 is 2. The van der Waals surface area contributed by atoms with E-state index in [0.29, 0.717) is 23.9 Å². The summed E-state index contributed by atoms with van der Waals surface area (Å²) in [4.78, 5) is 25.8. The van der Waals surface area contributed by atoms with Gasteiger partial charge in [-0.25, -0.2) is 9.97 Å². The first kappa shape index (κ1) is 18.7. The van der Waals surface area contributed by atoms with E-state index < -0.39 is 0 Å². The molecule has 0 radical (unpaired) electrons. The molecule has 0 aliphatic carbocycles. The zero-order valence-corrected chi connectivity index (χ0v) is 16.5. The molecule has 1 amide bonds. The summed E-state index contributed by atoms with van der Waals surface area (Å²) < 4.78 is 10.9. The van der Waals surface area contributed by atoms with E-state index in [1.54, 1.807) is 14.2 Å². The maximum atomic E-state index is 11.7. The second-order valence-corrected chi connectivity index (χ2v) is 7.41. The van der Waals surface area contributed by atoms with Crippen LogP contribution in [0.15, 0.2) is 12.1 Å². The summed E-state index contributed by atoms with van der Waals surface area (Å²) >= 11 is 0. The molecule has 2 fully saturated rings. The molecule has 8 heteroatoms. The summed E-state index contributed by atoms with van der Waals surface area (Å²) in [5, 5.41) is 0.955. The van der Waals surface area contributed by atoms with Gasteiger partial charge in [0.2, 0.25) is 5.91 Å². The van der Waals surface area contributed by atoms with Crippen LogP contribution in [0, 0.1) is 0 Å². The lowest BCUT2D eigenvalue weighted by atomic mass is 10.2. The molecule has 2 aromatic rings. The van der Waals surface area contributed by atoms with Gasteiger partial charge < -0.3 is 20.1 Å². The van der Waals surface area contributed by atoms with E-state index in [1.807, 2.05) is 12.1 Å². The second kappa shape index (κ2) is 7.79. The topological polar surface area (TPSA) is 93.8 Å². The lowest BCUT2D eigenvalue weighted by Gasteiger charge is -2.23. The van der Waals surface area contributed by atoms with Crippen molar-refractivity contribution in [2.45, 2.75) is 38.3 Å². The van der Waals surface area contributed by atoms with Crippen LogP contribution in [0.1, 0.15) is 31.5 Å². The number of fused-ring (bicyclic) bond motifs is 1. The highest BCUT2D eigenvalue weighted by atomic mass is 16.5. The van der Waals surface area contributed by atoms with Crippen LogP contribution in [0.5, 0.6) is 11.5 Å². The molecule has 2 N–H and O–H groups in total. The standard InChI is InChI=1S/C20H27N5O3/c1-27-16-10-13-14(11-17(16)28-2)22-18(23-20(13)24-7-3-4-8-24)12-25-9-5-6-15(25)19(21)26/h10-11,15H,3-9,12H2,1-2H3,(H2,21,26)/t15-/m0/s1. The van der Waals surface area contributed by atoms with Crippen molar-refractivity contribution in [1.29, 1.82) is 0 Å². The average Bonchev–Trinajstić information content (AvgIpc) is 3.38. The number of carbonyl (C=O) groups is 1. The van der Waals surface area contributed by atoms with Crippen LogP contribution in [0.25, 0.3) is 10.9 Å². The summed E-state index contributed by atoms with van der Waals surface area (Å²) in [6, 6.07) is 3.61. The predicted octanol–water partition coefficient (Wildman–Crippen LogP) is 1.70. The maximum Gasteiger partial charge on any atom is 0.234 e. The van der Waals surface area contributed by atoms with Crippen LogP contribution in [0.4, 0.5) is 5.82 Å². The Bertz CT molecular complexity index is 882. The number of likely N-dealkylation sites (tertiary alicyclic amines) is 1. The first-order valence-corrected chi connectivity index (χ1v) is 9.81. The van der Waals surface area contributed by atoms with E-state index in [0.717, 1.165) is 62.0 Å². The van der Waals surface area contributed by atoms with E-state index in [1.165, 1.54) is 0 Å². The van der Waals surface area contributed by atoms with Gasteiger partial charge in [0.25, 0.3) is 0 Å². The third kappa shape index (κ3) is 3.44. The Kier molecular flexibility index (Phi) is 5.21. The van der Waals surface area contributed by atoms with Crippen molar-refractivity contribution >= 4 is 22.6 Å². The molecule has 28 heavy (non-hydrogen) atoms. The van der Waals surface area contributed by atoms with Gasteiger partial charge in [0.15, 0.2) is 11.5 Å². The summed E-state index contributed by atoms with van der Waals surface area (Å²) in [7, 11) is 3.25. The van der Waals surface area contributed by atoms with Crippen LogP contribution >= 0.6 is 0 Å². The molecular formula is C20H27N5O3. The van der Waals surface area contributed by atoms with Gasteiger partial charge in [-0.1, -0.05) is 0 Å². The van der Waals surface area contributed by atoms with Gasteiger partial charge >= 0.3 is 0 Å². The number of benzene rings is 1. The van der Waals surface area contributed by atoms with Gasteiger partial charge in [0, 0.05) is 24.5 Å². The van der Waals surface area contributed by atoms with E-state index >= 15 is 0 Å². The quantitative estimate of drug-likeness (QED) is 0.809. The Morgan fingerprint density at radius 1 is 1.11 bits per heavy atom. The Balaban J connectivity index is 1.77. The van der Waals surface area contributed by atoms with Gasteiger partial charge in [0.1, 0.15) is 11.6 Å². The number of hydrogen-bond donors (Lipinski definition) is 1. The van der Waals surface area contributed by atoms with Crippen molar-refractivity contribution in [3.8, 4) is 11.5 Å². The molecule has 0 unspecified atom stereocenters. The molecule has 2 aliphatic rings. The Morgan fingerprint density at radius 3 is 2.50 bits per heavy atom. The maximum absolute atomic E-state index is 11.7. The molecule has 3 heterocycles. The zero-order valence-electron chi connectivity index (χ0n) is 16.5. The zero-order chi connectivity index (χ0) is 19.7. The van der Waals surface area contributed by atoms with Crippen molar-refractivity contribution < 1.29 is 14.3 Å². The highest BCUT2D eigenvalue weighted by Gasteiger charge is 2.30. The Labute approximate surface area is 164 Å². The fraction of sp³-hybridized carbons (Fsp3) is 0.550. The number of rotatable bonds is 6. The van der Waals surface area contributed by atoms with E-state index in [2.05, 4.69) is 9.80 Å². The van der Waals surface area contributed by atoms with Gasteiger partial charge in [-0.3, -0.25) is 9.69 Å². The van der Waals surface area contributed by atoms with E-state index in [9.17, 15) is 4.79 Å². The number of amides is 1. The fourth-order valence-corrected chi connectivity index (χ4v) is 4.25. The monoisotopic (exact) mass is 385 g/mol. The number of aromatic nitrogens is 2. The van der Waals surface area contributed by atoms with Crippen LogP contribution in [-0.2, 0) is 11.3 Å². The molecule has 150 valence electrons. The predicted molar refractivity (Wildman–Crippen MR) is 107 cm³/mol. The minimum absolute atomic E-state index is 0.236. The minimum Gasteiger partial charge on any atom is -0.493 e. The molecule has 1 aromatic heterocycles. The van der Waals surface area contributed by atoms with E-state index in [-0.39, 0.29) is 11.9 Å². The van der Waals surface area contributed by atoms with Crippen LogP contribution < -0.4 is 20.1 Å². The normalized spacial score (nSPS) is 20.1. The lowest BCUT2D eigenvalue weighted by Crippen LogP contribution is -2.40. The van der Waals surface area contributed by atoms with Crippen molar-refractivity contribution in [2.75, 3.05) is 38.8 Å². The number of carbonyl (C=O) groups excluding carboxylic acids is 1. The number of nitrogens with two attached hydrogens (primary N) is 1. The van der Waals surface area contributed by atoms with Crippen LogP contribution in [-0.4, -0.2) is 60.7 Å². The average molecular weight is 385 g/mol. The first-order valence-electron chi connectivity index (χ1n) is 9.81. The molecule has 4 rings (SSSR count). The van der Waals surface area contributed by atoms with Crippen LogP contribution in [0.3, 0.4) is 0 Å². The molecule has 2 aliphatic heterocycles. The van der Waals surface area contributed by atoms with Crippen molar-refractivity contribution in [1.82, 2.24) is 14.9 Å². The van der Waals surface area contributed by atoms with Gasteiger partial charge in [-0.05, 0) is 38.3 Å². The third-order valence-electron chi connectivity index (χ3n) is 5.67. The number of hydrogen-bond acceptors (Lipinski definition) is 7.